The molecule has 1 heterocycles. The van der Waals surface area contributed by atoms with E-state index in [4.69, 9.17) is 9.47 Å². The number of rotatable bonds is 6. The van der Waals surface area contributed by atoms with Gasteiger partial charge in [-0.3, -0.25) is 0 Å². The van der Waals surface area contributed by atoms with Gasteiger partial charge in [0.2, 0.25) is 0 Å². The van der Waals surface area contributed by atoms with Gasteiger partial charge in [0, 0.05) is 10.8 Å². The van der Waals surface area contributed by atoms with Crippen LogP contribution in [-0.2, 0) is 16.1 Å². The first-order valence-corrected chi connectivity index (χ1v) is 9.18. The Labute approximate surface area is 143 Å². The van der Waals surface area contributed by atoms with Gasteiger partial charge < -0.3 is 9.47 Å². The van der Waals surface area contributed by atoms with Crippen LogP contribution in [0.2, 0.25) is 0 Å². The fourth-order valence-electron chi connectivity index (χ4n) is 2.99. The Morgan fingerprint density at radius 2 is 1.65 bits per heavy atom. The van der Waals surface area contributed by atoms with E-state index in [-0.39, 0.29) is 17.6 Å². The van der Waals surface area contributed by atoms with E-state index in [1.54, 1.807) is 11.8 Å². The SMILES string of the molecule is CC[C@H]1O[C@@H](Sc2ccccc2)[C@H](C)C1OCc1ccccc1. The molecule has 23 heavy (non-hydrogen) atoms. The minimum absolute atomic E-state index is 0.154. The van der Waals surface area contributed by atoms with Crippen molar-refractivity contribution >= 4 is 11.8 Å². The van der Waals surface area contributed by atoms with Crippen LogP contribution in [0.4, 0.5) is 0 Å². The molecule has 1 saturated heterocycles. The van der Waals surface area contributed by atoms with E-state index in [1.807, 2.05) is 12.1 Å². The van der Waals surface area contributed by atoms with Crippen LogP contribution in [0.1, 0.15) is 25.8 Å². The number of ether oxygens (including phenoxy) is 2. The van der Waals surface area contributed by atoms with Crippen molar-refractivity contribution in [1.82, 2.24) is 0 Å². The lowest BCUT2D eigenvalue weighted by Crippen LogP contribution is -2.28. The van der Waals surface area contributed by atoms with Gasteiger partial charge in [0.1, 0.15) is 5.44 Å². The Morgan fingerprint density at radius 3 is 2.30 bits per heavy atom. The second-order valence-electron chi connectivity index (χ2n) is 6.00. The van der Waals surface area contributed by atoms with Crippen molar-refractivity contribution in [2.75, 3.05) is 0 Å². The molecule has 122 valence electrons. The van der Waals surface area contributed by atoms with Crippen LogP contribution >= 0.6 is 11.8 Å². The lowest BCUT2D eigenvalue weighted by atomic mass is 10.0. The molecule has 0 aliphatic carbocycles. The Bertz CT molecular complexity index is 587. The quantitative estimate of drug-likeness (QED) is 0.732. The average Bonchev–Trinajstić information content (AvgIpc) is 2.90. The van der Waals surface area contributed by atoms with E-state index in [0.717, 1.165) is 6.42 Å². The van der Waals surface area contributed by atoms with Crippen molar-refractivity contribution in [3.05, 3.63) is 66.2 Å². The summed E-state index contributed by atoms with van der Waals surface area (Å²) >= 11 is 1.80. The lowest BCUT2D eigenvalue weighted by molar-refractivity contribution is -0.0278. The molecule has 2 nitrogen and oxygen atoms in total. The van der Waals surface area contributed by atoms with Crippen molar-refractivity contribution in [1.29, 1.82) is 0 Å². The summed E-state index contributed by atoms with van der Waals surface area (Å²) in [6.07, 6.45) is 1.31. The molecule has 0 bridgehead atoms. The molecule has 0 N–H and O–H groups in total. The van der Waals surface area contributed by atoms with Crippen LogP contribution in [0, 0.1) is 5.92 Å². The van der Waals surface area contributed by atoms with Gasteiger partial charge in [-0.05, 0) is 24.1 Å². The minimum Gasteiger partial charge on any atom is -0.370 e. The Balaban J connectivity index is 1.63. The Kier molecular flexibility index (Phi) is 5.76. The summed E-state index contributed by atoms with van der Waals surface area (Å²) in [7, 11) is 0. The zero-order valence-corrected chi connectivity index (χ0v) is 14.5. The number of hydrogen-bond donors (Lipinski definition) is 0. The van der Waals surface area contributed by atoms with Crippen molar-refractivity contribution in [2.45, 2.75) is 49.4 Å². The second-order valence-corrected chi connectivity index (χ2v) is 7.17. The van der Waals surface area contributed by atoms with Crippen LogP contribution in [-0.4, -0.2) is 17.6 Å². The van der Waals surface area contributed by atoms with Crippen molar-refractivity contribution in [3.8, 4) is 0 Å². The molecular weight excluding hydrogens is 304 g/mol. The summed E-state index contributed by atoms with van der Waals surface area (Å²) in [5.74, 6) is 0.369. The maximum absolute atomic E-state index is 6.27. The molecule has 3 heteroatoms. The van der Waals surface area contributed by atoms with Crippen LogP contribution in [0.25, 0.3) is 0 Å². The molecule has 0 saturated carbocycles. The largest absolute Gasteiger partial charge is 0.370 e. The maximum atomic E-state index is 6.27. The standard InChI is InChI=1S/C20H24O2S/c1-3-18-19(21-14-16-10-6-4-7-11-16)15(2)20(22-18)23-17-12-8-5-9-13-17/h4-13,15,18-20H,3,14H2,1-2H3/t15-,18-,19?,20+/m1/s1. The fraction of sp³-hybridized carbons (Fsp3) is 0.400. The maximum Gasteiger partial charge on any atom is 0.113 e. The van der Waals surface area contributed by atoms with Gasteiger partial charge in [0.15, 0.2) is 0 Å². The molecule has 3 rings (SSSR count). The molecule has 2 aromatic carbocycles. The highest BCUT2D eigenvalue weighted by Crippen LogP contribution is 2.40. The van der Waals surface area contributed by atoms with E-state index in [0.29, 0.717) is 12.5 Å². The number of benzene rings is 2. The lowest BCUT2D eigenvalue weighted by Gasteiger charge is -2.21. The van der Waals surface area contributed by atoms with Crippen LogP contribution < -0.4 is 0 Å². The van der Waals surface area contributed by atoms with Gasteiger partial charge in [-0.25, -0.2) is 0 Å². The zero-order valence-electron chi connectivity index (χ0n) is 13.7. The number of hydrogen-bond acceptors (Lipinski definition) is 3. The van der Waals surface area contributed by atoms with E-state index in [1.165, 1.54) is 10.5 Å². The van der Waals surface area contributed by atoms with E-state index in [2.05, 4.69) is 62.4 Å². The minimum atomic E-state index is 0.154. The summed E-state index contributed by atoms with van der Waals surface area (Å²) in [5, 5.41) is 0. The number of thioether (sulfide) groups is 1. The predicted molar refractivity (Wildman–Crippen MR) is 95.4 cm³/mol. The second kappa shape index (κ2) is 8.00. The highest BCUT2D eigenvalue weighted by atomic mass is 32.2. The third-order valence-electron chi connectivity index (χ3n) is 4.31. The van der Waals surface area contributed by atoms with Gasteiger partial charge in [-0.1, -0.05) is 74.1 Å². The third kappa shape index (κ3) is 4.17. The highest BCUT2D eigenvalue weighted by molar-refractivity contribution is 7.99. The molecule has 0 aromatic heterocycles. The van der Waals surface area contributed by atoms with E-state index in [9.17, 15) is 0 Å². The molecule has 1 unspecified atom stereocenters. The molecule has 2 aromatic rings. The predicted octanol–water partition coefficient (Wildman–Crippen LogP) is 5.14. The summed E-state index contributed by atoms with van der Waals surface area (Å²) in [5.41, 5.74) is 1.37. The fourth-order valence-corrected chi connectivity index (χ4v) is 4.14. The summed E-state index contributed by atoms with van der Waals surface area (Å²) in [6.45, 7) is 5.07. The van der Waals surface area contributed by atoms with Crippen molar-refractivity contribution in [3.63, 3.8) is 0 Å². The third-order valence-corrected chi connectivity index (χ3v) is 5.62. The van der Waals surface area contributed by atoms with Crippen LogP contribution in [0.15, 0.2) is 65.6 Å². The molecule has 0 amide bonds. The molecule has 0 radical (unpaired) electrons. The molecule has 0 spiro atoms. The van der Waals surface area contributed by atoms with Crippen molar-refractivity contribution < 1.29 is 9.47 Å². The molecule has 1 aliphatic heterocycles. The van der Waals surface area contributed by atoms with Crippen LogP contribution in [0.3, 0.4) is 0 Å². The van der Waals surface area contributed by atoms with Gasteiger partial charge in [-0.15, -0.1) is 0 Å². The highest BCUT2D eigenvalue weighted by Gasteiger charge is 2.42. The monoisotopic (exact) mass is 328 g/mol. The van der Waals surface area contributed by atoms with Gasteiger partial charge in [0.05, 0.1) is 18.8 Å². The smallest absolute Gasteiger partial charge is 0.113 e. The molecule has 1 aliphatic rings. The Hall–Kier alpha value is -1.29. The molecule has 1 fully saturated rings. The van der Waals surface area contributed by atoms with Gasteiger partial charge >= 0.3 is 0 Å². The van der Waals surface area contributed by atoms with Crippen molar-refractivity contribution in [2.24, 2.45) is 5.92 Å². The van der Waals surface area contributed by atoms with E-state index >= 15 is 0 Å². The first kappa shape index (κ1) is 16.6. The topological polar surface area (TPSA) is 18.5 Å². The first-order valence-electron chi connectivity index (χ1n) is 8.30. The van der Waals surface area contributed by atoms with Crippen LogP contribution in [0.5, 0.6) is 0 Å². The molecular formula is C20H24O2S. The summed E-state index contributed by atoms with van der Waals surface area (Å²) < 4.78 is 12.5. The summed E-state index contributed by atoms with van der Waals surface area (Å²) in [4.78, 5) is 1.25. The zero-order chi connectivity index (χ0) is 16.1. The van der Waals surface area contributed by atoms with Gasteiger partial charge in [0.25, 0.3) is 0 Å². The average molecular weight is 328 g/mol. The van der Waals surface area contributed by atoms with E-state index < -0.39 is 0 Å². The summed E-state index contributed by atoms with van der Waals surface area (Å²) in [6, 6.07) is 20.8. The normalized spacial score (nSPS) is 27.2. The first-order chi connectivity index (χ1) is 11.3. The van der Waals surface area contributed by atoms with Gasteiger partial charge in [-0.2, -0.15) is 0 Å². The Morgan fingerprint density at radius 1 is 1.00 bits per heavy atom. The molecule has 4 atom stereocenters.